The summed E-state index contributed by atoms with van der Waals surface area (Å²) in [5.41, 5.74) is 4.12. The van der Waals surface area contributed by atoms with Gasteiger partial charge in [0, 0.05) is 30.4 Å². The van der Waals surface area contributed by atoms with E-state index < -0.39 is 0 Å². The lowest BCUT2D eigenvalue weighted by Crippen LogP contribution is -2.33. The zero-order valence-electron chi connectivity index (χ0n) is 22.6. The van der Waals surface area contributed by atoms with Gasteiger partial charge in [0.25, 0.3) is 0 Å². The van der Waals surface area contributed by atoms with E-state index in [9.17, 15) is 4.79 Å². The van der Waals surface area contributed by atoms with Gasteiger partial charge in [-0.1, -0.05) is 48.9 Å². The molecule has 4 aromatic rings. The molecule has 5 rings (SSSR count). The van der Waals surface area contributed by atoms with Gasteiger partial charge in [-0.2, -0.15) is 0 Å². The Labute approximate surface area is 235 Å². The fourth-order valence-electron chi connectivity index (χ4n) is 4.84. The number of benzene rings is 3. The molecule has 3 aromatic carbocycles. The number of ether oxygens (including phenoxy) is 2. The van der Waals surface area contributed by atoms with E-state index in [0.29, 0.717) is 24.7 Å². The second-order valence-electron chi connectivity index (χ2n) is 9.70. The van der Waals surface area contributed by atoms with Gasteiger partial charge in [-0.15, -0.1) is 0 Å². The molecule has 2 N–H and O–H groups in total. The molecule has 8 nitrogen and oxygen atoms in total. The highest BCUT2D eigenvalue weighted by Gasteiger charge is 2.13. The van der Waals surface area contributed by atoms with Crippen LogP contribution in [0.1, 0.15) is 24.8 Å². The monoisotopic (exact) mass is 537 g/mol. The van der Waals surface area contributed by atoms with Crippen molar-refractivity contribution in [3.05, 3.63) is 97.0 Å². The van der Waals surface area contributed by atoms with Crippen molar-refractivity contribution in [2.24, 2.45) is 0 Å². The van der Waals surface area contributed by atoms with E-state index in [1.807, 2.05) is 18.2 Å². The molecule has 0 unspecified atom stereocenters. The summed E-state index contributed by atoms with van der Waals surface area (Å²) < 4.78 is 12.3. The van der Waals surface area contributed by atoms with E-state index in [2.05, 4.69) is 68.0 Å². The fourth-order valence-corrected chi connectivity index (χ4v) is 4.84. The number of rotatable bonds is 11. The standard InChI is InChI=1S/C32H35N5O3/c38-32(36-31-16-18-33-24-34-31)35-26-12-14-27(15-13-26)39-22-17-25-8-2-3-9-28(25)29-10-4-5-11-30(29)40-23-21-37-19-6-1-7-20-37/h2-5,8-16,18,24H,1,6-7,17,19-23H2,(H2,33,34,35,36,38). The van der Waals surface area contributed by atoms with Gasteiger partial charge in [0.1, 0.15) is 30.3 Å². The average molecular weight is 538 g/mol. The topological polar surface area (TPSA) is 88.6 Å². The van der Waals surface area contributed by atoms with Gasteiger partial charge in [-0.3, -0.25) is 10.2 Å². The molecule has 0 atom stereocenters. The van der Waals surface area contributed by atoms with Crippen LogP contribution in [0.25, 0.3) is 11.1 Å². The average Bonchev–Trinajstić information content (AvgIpc) is 3.00. The van der Waals surface area contributed by atoms with Gasteiger partial charge in [-0.05, 0) is 73.5 Å². The number of carbonyl (C=O) groups excluding carboxylic acids is 1. The van der Waals surface area contributed by atoms with Gasteiger partial charge in [0.2, 0.25) is 0 Å². The number of likely N-dealkylation sites (tertiary alicyclic amines) is 1. The number of amides is 2. The second kappa shape index (κ2) is 14.1. The van der Waals surface area contributed by atoms with E-state index in [-0.39, 0.29) is 6.03 Å². The van der Waals surface area contributed by atoms with Crippen molar-refractivity contribution in [1.82, 2.24) is 14.9 Å². The minimum Gasteiger partial charge on any atom is -0.493 e. The molecule has 0 saturated carbocycles. The summed E-state index contributed by atoms with van der Waals surface area (Å²) in [6, 6.07) is 25.2. The SMILES string of the molecule is O=C(Nc1ccc(OCCc2ccccc2-c2ccccc2OCCN2CCCCC2)cc1)Nc1ccncn1. The zero-order valence-corrected chi connectivity index (χ0v) is 22.6. The van der Waals surface area contributed by atoms with Crippen molar-refractivity contribution >= 4 is 17.5 Å². The van der Waals surface area contributed by atoms with Gasteiger partial charge in [0.05, 0.1) is 6.61 Å². The van der Waals surface area contributed by atoms with Crippen molar-refractivity contribution in [3.8, 4) is 22.6 Å². The minimum atomic E-state index is -0.375. The van der Waals surface area contributed by atoms with Crippen LogP contribution in [-0.2, 0) is 6.42 Å². The normalized spacial score (nSPS) is 13.4. The highest BCUT2D eigenvalue weighted by atomic mass is 16.5. The number of piperidine rings is 1. The number of hydrogen-bond donors (Lipinski definition) is 2. The Morgan fingerprint density at radius 1 is 0.800 bits per heavy atom. The number of carbonyl (C=O) groups is 1. The van der Waals surface area contributed by atoms with E-state index >= 15 is 0 Å². The first-order chi connectivity index (χ1) is 19.7. The molecule has 0 aliphatic carbocycles. The molecule has 8 heteroatoms. The van der Waals surface area contributed by atoms with Crippen molar-refractivity contribution < 1.29 is 14.3 Å². The summed E-state index contributed by atoms with van der Waals surface area (Å²) in [7, 11) is 0. The van der Waals surface area contributed by atoms with Crippen LogP contribution in [0.5, 0.6) is 11.5 Å². The number of nitrogens with one attached hydrogen (secondary N) is 2. The molecule has 1 fully saturated rings. The second-order valence-corrected chi connectivity index (χ2v) is 9.70. The van der Waals surface area contributed by atoms with Gasteiger partial charge >= 0.3 is 6.03 Å². The molecular weight excluding hydrogens is 502 g/mol. The number of aromatic nitrogens is 2. The third kappa shape index (κ3) is 7.80. The van der Waals surface area contributed by atoms with Crippen molar-refractivity contribution in [2.45, 2.75) is 25.7 Å². The number of anilines is 2. The van der Waals surface area contributed by atoms with Crippen LogP contribution >= 0.6 is 0 Å². The fraction of sp³-hybridized carbons (Fsp3) is 0.281. The summed E-state index contributed by atoms with van der Waals surface area (Å²) in [4.78, 5) is 22.5. The van der Waals surface area contributed by atoms with Crippen molar-refractivity contribution in [1.29, 1.82) is 0 Å². The molecule has 2 heterocycles. The molecule has 0 spiro atoms. The Balaban J connectivity index is 1.14. The minimum absolute atomic E-state index is 0.375. The summed E-state index contributed by atoms with van der Waals surface area (Å²) in [5, 5.41) is 5.45. The molecule has 40 heavy (non-hydrogen) atoms. The van der Waals surface area contributed by atoms with Crippen LogP contribution < -0.4 is 20.1 Å². The predicted octanol–water partition coefficient (Wildman–Crippen LogP) is 6.27. The molecule has 206 valence electrons. The Morgan fingerprint density at radius 2 is 1.57 bits per heavy atom. The lowest BCUT2D eigenvalue weighted by atomic mass is 9.97. The number of hydrogen-bond acceptors (Lipinski definition) is 6. The van der Waals surface area contributed by atoms with Crippen LogP contribution in [0.3, 0.4) is 0 Å². The van der Waals surface area contributed by atoms with Crippen LogP contribution in [-0.4, -0.2) is 53.7 Å². The lowest BCUT2D eigenvalue weighted by Gasteiger charge is -2.26. The summed E-state index contributed by atoms with van der Waals surface area (Å²) >= 11 is 0. The predicted molar refractivity (Wildman–Crippen MR) is 158 cm³/mol. The van der Waals surface area contributed by atoms with Gasteiger partial charge in [0.15, 0.2) is 0 Å². The third-order valence-electron chi connectivity index (χ3n) is 6.88. The van der Waals surface area contributed by atoms with E-state index in [1.165, 1.54) is 44.2 Å². The first-order valence-electron chi connectivity index (χ1n) is 13.8. The summed E-state index contributed by atoms with van der Waals surface area (Å²) in [5.74, 6) is 2.08. The van der Waals surface area contributed by atoms with Crippen molar-refractivity contribution in [3.63, 3.8) is 0 Å². The molecule has 1 saturated heterocycles. The van der Waals surface area contributed by atoms with E-state index in [4.69, 9.17) is 9.47 Å². The Bertz CT molecular complexity index is 1360. The van der Waals surface area contributed by atoms with Gasteiger partial charge < -0.3 is 14.8 Å². The Hall–Kier alpha value is -4.43. The maximum absolute atomic E-state index is 12.2. The number of para-hydroxylation sites is 1. The Morgan fingerprint density at radius 3 is 2.38 bits per heavy atom. The van der Waals surface area contributed by atoms with Crippen LogP contribution in [0, 0.1) is 0 Å². The summed E-state index contributed by atoms with van der Waals surface area (Å²) in [6.45, 7) is 4.52. The first kappa shape index (κ1) is 27.1. The van der Waals surface area contributed by atoms with Crippen LogP contribution in [0.15, 0.2) is 91.4 Å². The van der Waals surface area contributed by atoms with E-state index in [1.54, 1.807) is 24.4 Å². The molecule has 1 aliphatic heterocycles. The largest absolute Gasteiger partial charge is 0.493 e. The highest BCUT2D eigenvalue weighted by molar-refractivity contribution is 5.99. The molecular formula is C32H35N5O3. The highest BCUT2D eigenvalue weighted by Crippen LogP contribution is 2.32. The smallest absolute Gasteiger partial charge is 0.324 e. The van der Waals surface area contributed by atoms with Crippen LogP contribution in [0.2, 0.25) is 0 Å². The van der Waals surface area contributed by atoms with Gasteiger partial charge in [-0.25, -0.2) is 14.8 Å². The zero-order chi connectivity index (χ0) is 27.4. The number of urea groups is 1. The Kier molecular flexibility index (Phi) is 9.57. The molecule has 0 radical (unpaired) electrons. The lowest BCUT2D eigenvalue weighted by molar-refractivity contribution is 0.183. The maximum atomic E-state index is 12.2. The molecule has 2 amide bonds. The first-order valence-corrected chi connectivity index (χ1v) is 13.8. The quantitative estimate of drug-likeness (QED) is 0.234. The van der Waals surface area contributed by atoms with E-state index in [0.717, 1.165) is 35.6 Å². The summed E-state index contributed by atoms with van der Waals surface area (Å²) in [6.07, 6.45) is 7.61. The third-order valence-corrected chi connectivity index (χ3v) is 6.88. The molecule has 1 aromatic heterocycles. The van der Waals surface area contributed by atoms with Crippen molar-refractivity contribution in [2.75, 3.05) is 43.5 Å². The molecule has 1 aliphatic rings. The van der Waals surface area contributed by atoms with Crippen LogP contribution in [0.4, 0.5) is 16.3 Å². The number of nitrogens with zero attached hydrogens (tertiary/aromatic N) is 3. The molecule has 0 bridgehead atoms. The maximum Gasteiger partial charge on any atom is 0.324 e.